The van der Waals surface area contributed by atoms with Crippen molar-refractivity contribution in [3.05, 3.63) is 47.7 Å². The Morgan fingerprint density at radius 3 is 2.60 bits per heavy atom. The molecule has 2 aromatic rings. The van der Waals surface area contributed by atoms with Crippen LogP contribution in [0.4, 0.5) is 5.82 Å². The topological polar surface area (TPSA) is 74.3 Å². The molecule has 8 heteroatoms. The number of hydrogen-bond donors (Lipinski definition) is 2. The summed E-state index contributed by atoms with van der Waals surface area (Å²) in [6.07, 6.45) is 2.82. The van der Waals surface area contributed by atoms with Crippen LogP contribution < -0.4 is 25.0 Å². The minimum Gasteiger partial charge on any atom is -0.454 e. The van der Waals surface area contributed by atoms with Crippen molar-refractivity contribution in [1.29, 1.82) is 0 Å². The first kappa shape index (κ1) is 20.3. The molecule has 30 heavy (non-hydrogen) atoms. The van der Waals surface area contributed by atoms with Gasteiger partial charge in [0, 0.05) is 52.5 Å². The van der Waals surface area contributed by atoms with Crippen LogP contribution in [0.1, 0.15) is 11.1 Å². The smallest absolute Gasteiger partial charge is 0.231 e. The van der Waals surface area contributed by atoms with Crippen LogP contribution in [0, 0.1) is 0 Å². The molecule has 0 aliphatic carbocycles. The summed E-state index contributed by atoms with van der Waals surface area (Å²) in [6, 6.07) is 10.3. The van der Waals surface area contributed by atoms with E-state index in [1.807, 2.05) is 18.3 Å². The lowest BCUT2D eigenvalue weighted by Gasteiger charge is -2.33. The number of fused-ring (bicyclic) bond motifs is 1. The van der Waals surface area contributed by atoms with Gasteiger partial charge in [-0.1, -0.05) is 12.1 Å². The lowest BCUT2D eigenvalue weighted by atomic mass is 10.1. The highest BCUT2D eigenvalue weighted by Crippen LogP contribution is 2.32. The van der Waals surface area contributed by atoms with E-state index in [0.29, 0.717) is 13.3 Å². The number of pyridine rings is 1. The molecular weight excluding hydrogens is 380 g/mol. The number of guanidine groups is 1. The van der Waals surface area contributed by atoms with Gasteiger partial charge in [0.05, 0.1) is 0 Å². The molecular formula is C22H30N6O2. The second kappa shape index (κ2) is 9.67. The zero-order valence-electron chi connectivity index (χ0n) is 17.7. The van der Waals surface area contributed by atoms with Gasteiger partial charge in [0.1, 0.15) is 5.82 Å². The van der Waals surface area contributed by atoms with E-state index in [2.05, 4.69) is 55.7 Å². The van der Waals surface area contributed by atoms with Crippen molar-refractivity contribution in [2.24, 2.45) is 4.99 Å². The highest BCUT2D eigenvalue weighted by molar-refractivity contribution is 5.79. The number of nitrogens with one attached hydrogen (secondary N) is 2. The highest BCUT2D eigenvalue weighted by Gasteiger charge is 2.15. The minimum atomic E-state index is 0.304. The molecule has 160 valence electrons. The van der Waals surface area contributed by atoms with Gasteiger partial charge in [-0.15, -0.1) is 0 Å². The molecule has 1 saturated heterocycles. The molecule has 0 bridgehead atoms. The van der Waals surface area contributed by atoms with E-state index in [4.69, 9.17) is 9.47 Å². The lowest BCUT2D eigenvalue weighted by Crippen LogP contribution is -2.44. The largest absolute Gasteiger partial charge is 0.454 e. The fourth-order valence-electron chi connectivity index (χ4n) is 3.57. The van der Waals surface area contributed by atoms with Gasteiger partial charge in [-0.3, -0.25) is 4.99 Å². The maximum absolute atomic E-state index is 5.44. The summed E-state index contributed by atoms with van der Waals surface area (Å²) in [5, 5.41) is 6.71. The molecule has 3 heterocycles. The number of benzene rings is 1. The molecule has 0 unspecified atom stereocenters. The van der Waals surface area contributed by atoms with Crippen LogP contribution in [-0.4, -0.2) is 69.5 Å². The summed E-state index contributed by atoms with van der Waals surface area (Å²) >= 11 is 0. The van der Waals surface area contributed by atoms with E-state index in [9.17, 15) is 0 Å². The highest BCUT2D eigenvalue weighted by atomic mass is 16.7. The Labute approximate surface area is 177 Å². The molecule has 0 saturated carbocycles. The summed E-state index contributed by atoms with van der Waals surface area (Å²) in [4.78, 5) is 13.6. The van der Waals surface area contributed by atoms with Crippen molar-refractivity contribution < 1.29 is 9.47 Å². The second-order valence-corrected chi connectivity index (χ2v) is 7.61. The number of likely N-dealkylation sites (N-methyl/N-ethyl adjacent to an activating group) is 1. The first-order chi connectivity index (χ1) is 14.7. The number of aliphatic imine (C=N–C) groups is 1. The Bertz CT molecular complexity index is 862. The van der Waals surface area contributed by atoms with Crippen LogP contribution in [0.5, 0.6) is 11.5 Å². The predicted octanol–water partition coefficient (Wildman–Crippen LogP) is 1.47. The van der Waals surface area contributed by atoms with E-state index in [0.717, 1.165) is 68.0 Å². The summed E-state index contributed by atoms with van der Waals surface area (Å²) in [6.45, 7) is 5.99. The Morgan fingerprint density at radius 2 is 1.83 bits per heavy atom. The number of nitrogens with zero attached hydrogens (tertiary/aromatic N) is 4. The van der Waals surface area contributed by atoms with Crippen LogP contribution in [0.2, 0.25) is 0 Å². The third-order valence-electron chi connectivity index (χ3n) is 5.46. The van der Waals surface area contributed by atoms with E-state index in [-0.39, 0.29) is 0 Å². The zero-order chi connectivity index (χ0) is 20.8. The maximum atomic E-state index is 5.44. The quantitative estimate of drug-likeness (QED) is 0.552. The Morgan fingerprint density at radius 1 is 1.03 bits per heavy atom. The molecule has 0 amide bonds. The third kappa shape index (κ3) is 5.13. The summed E-state index contributed by atoms with van der Waals surface area (Å²) in [5.74, 6) is 3.47. The van der Waals surface area contributed by atoms with Crippen LogP contribution in [-0.2, 0) is 13.0 Å². The molecule has 1 aromatic heterocycles. The second-order valence-electron chi connectivity index (χ2n) is 7.61. The molecule has 0 spiro atoms. The molecule has 0 radical (unpaired) electrons. The molecule has 1 aromatic carbocycles. The number of aromatic nitrogens is 1. The summed E-state index contributed by atoms with van der Waals surface area (Å²) in [5.41, 5.74) is 2.33. The van der Waals surface area contributed by atoms with E-state index in [1.54, 1.807) is 7.05 Å². The number of piperazine rings is 1. The van der Waals surface area contributed by atoms with Gasteiger partial charge in [0.15, 0.2) is 17.5 Å². The van der Waals surface area contributed by atoms with Gasteiger partial charge in [-0.2, -0.15) is 0 Å². The standard InChI is InChI=1S/C22H30N6O2/c1-23-22(24-8-7-17-3-5-19-20(13-17)30-16-29-19)26-15-18-4-6-21(25-14-18)28-11-9-27(2)10-12-28/h3-6,13-14H,7-12,15-16H2,1-2H3,(H2,23,24,26). The lowest BCUT2D eigenvalue weighted by molar-refractivity contribution is 0.174. The van der Waals surface area contributed by atoms with Crippen LogP contribution >= 0.6 is 0 Å². The van der Waals surface area contributed by atoms with Crippen LogP contribution in [0.15, 0.2) is 41.5 Å². The van der Waals surface area contributed by atoms with Crippen molar-refractivity contribution in [3.8, 4) is 11.5 Å². The Kier molecular flexibility index (Phi) is 6.53. The molecule has 2 N–H and O–H groups in total. The SMILES string of the molecule is CN=C(NCCc1ccc2c(c1)OCO2)NCc1ccc(N2CCN(C)CC2)nc1. The van der Waals surface area contributed by atoms with Gasteiger partial charge < -0.3 is 29.9 Å². The average molecular weight is 411 g/mol. The van der Waals surface area contributed by atoms with Crippen LogP contribution in [0.3, 0.4) is 0 Å². The molecule has 4 rings (SSSR count). The van der Waals surface area contributed by atoms with Gasteiger partial charge in [-0.05, 0) is 42.8 Å². The van der Waals surface area contributed by atoms with Gasteiger partial charge in [-0.25, -0.2) is 4.98 Å². The Hall–Kier alpha value is -3.00. The van der Waals surface area contributed by atoms with Crippen molar-refractivity contribution in [3.63, 3.8) is 0 Å². The number of ether oxygens (including phenoxy) is 2. The number of anilines is 1. The molecule has 1 fully saturated rings. The van der Waals surface area contributed by atoms with Crippen molar-refractivity contribution in [2.75, 3.05) is 58.5 Å². The van der Waals surface area contributed by atoms with Crippen molar-refractivity contribution >= 4 is 11.8 Å². The molecule has 2 aliphatic heterocycles. The maximum Gasteiger partial charge on any atom is 0.231 e. The molecule has 8 nitrogen and oxygen atoms in total. The summed E-state index contributed by atoms with van der Waals surface area (Å²) in [7, 11) is 3.94. The van der Waals surface area contributed by atoms with E-state index in [1.165, 1.54) is 5.56 Å². The van der Waals surface area contributed by atoms with Gasteiger partial charge >= 0.3 is 0 Å². The van der Waals surface area contributed by atoms with Crippen molar-refractivity contribution in [2.45, 2.75) is 13.0 Å². The number of rotatable bonds is 6. The number of hydrogen-bond acceptors (Lipinski definition) is 6. The monoisotopic (exact) mass is 410 g/mol. The van der Waals surface area contributed by atoms with E-state index < -0.39 is 0 Å². The average Bonchev–Trinajstić information content (AvgIpc) is 3.25. The van der Waals surface area contributed by atoms with Gasteiger partial charge in [0.2, 0.25) is 6.79 Å². The Balaban J connectivity index is 1.21. The third-order valence-corrected chi connectivity index (χ3v) is 5.46. The normalized spacial score (nSPS) is 16.6. The summed E-state index contributed by atoms with van der Waals surface area (Å²) < 4.78 is 10.8. The van der Waals surface area contributed by atoms with Gasteiger partial charge in [0.25, 0.3) is 0 Å². The zero-order valence-corrected chi connectivity index (χ0v) is 17.7. The fourth-order valence-corrected chi connectivity index (χ4v) is 3.57. The molecule has 2 aliphatic rings. The van der Waals surface area contributed by atoms with Crippen LogP contribution in [0.25, 0.3) is 0 Å². The van der Waals surface area contributed by atoms with Crippen molar-refractivity contribution in [1.82, 2.24) is 20.5 Å². The fraction of sp³-hybridized carbons (Fsp3) is 0.455. The first-order valence-corrected chi connectivity index (χ1v) is 10.4. The minimum absolute atomic E-state index is 0.304. The first-order valence-electron chi connectivity index (χ1n) is 10.4. The molecule has 0 atom stereocenters. The van der Waals surface area contributed by atoms with E-state index >= 15 is 0 Å². The predicted molar refractivity (Wildman–Crippen MR) is 118 cm³/mol.